The van der Waals surface area contributed by atoms with Crippen LogP contribution in [0, 0.1) is 0 Å². The van der Waals surface area contributed by atoms with Gasteiger partial charge in [-0.25, -0.2) is 0 Å². The van der Waals surface area contributed by atoms with Crippen molar-refractivity contribution in [1.82, 2.24) is 0 Å². The van der Waals surface area contributed by atoms with Crippen LogP contribution in [0.3, 0.4) is 0 Å². The number of carbonyl (C=O) groups is 1. The molecule has 1 rings (SSSR count). The Morgan fingerprint density at radius 2 is 2.36 bits per heavy atom. The van der Waals surface area contributed by atoms with Crippen molar-refractivity contribution in [3.63, 3.8) is 0 Å². The second-order valence-corrected chi connectivity index (χ2v) is 2.99. The normalized spacial score (nSPS) is 11.8. The molecule has 0 aliphatic rings. The smallest absolute Gasteiger partial charge is 0.242 e. The number of hydrogen-bond acceptors (Lipinski definition) is 3. The maximum absolute atomic E-state index is 10.5. The van der Waals surface area contributed by atoms with Crippen molar-refractivity contribution in [3.05, 3.63) is 22.4 Å². The fourth-order valence-electron chi connectivity index (χ4n) is 0.583. The zero-order chi connectivity index (χ0) is 7.56. The van der Waals surface area contributed by atoms with Crippen molar-refractivity contribution in [2.75, 3.05) is 0 Å². The third kappa shape index (κ3) is 2.79. The summed E-state index contributed by atoms with van der Waals surface area (Å²) in [5, 5.41) is 3.15. The summed E-state index contributed by atoms with van der Waals surface area (Å²) in [7, 11) is 0. The van der Waals surface area contributed by atoms with Gasteiger partial charge in [-0.05, 0) is 34.0 Å². The SMILES string of the molecule is Cl.N[C@@H](C(=O)Cl)c1ccsc1. The van der Waals surface area contributed by atoms with Crippen LogP contribution in [0.25, 0.3) is 0 Å². The zero-order valence-electron chi connectivity index (χ0n) is 5.49. The van der Waals surface area contributed by atoms with Crippen LogP contribution in [-0.2, 0) is 4.79 Å². The lowest BCUT2D eigenvalue weighted by Crippen LogP contribution is -2.15. The molecule has 1 atom stereocenters. The van der Waals surface area contributed by atoms with Gasteiger partial charge in [0.2, 0.25) is 5.24 Å². The summed E-state index contributed by atoms with van der Waals surface area (Å²) in [5.74, 6) is 0. The van der Waals surface area contributed by atoms with Crippen molar-refractivity contribution in [1.29, 1.82) is 0 Å². The lowest BCUT2D eigenvalue weighted by molar-refractivity contribution is -0.112. The molecule has 11 heavy (non-hydrogen) atoms. The molecule has 5 heteroatoms. The van der Waals surface area contributed by atoms with E-state index in [-0.39, 0.29) is 12.4 Å². The van der Waals surface area contributed by atoms with Gasteiger partial charge in [-0.2, -0.15) is 11.3 Å². The van der Waals surface area contributed by atoms with Crippen molar-refractivity contribution in [2.45, 2.75) is 6.04 Å². The molecule has 2 nitrogen and oxygen atoms in total. The van der Waals surface area contributed by atoms with Crippen LogP contribution in [-0.4, -0.2) is 5.24 Å². The first-order valence-electron chi connectivity index (χ1n) is 2.69. The number of thiophene rings is 1. The topological polar surface area (TPSA) is 43.1 Å². The van der Waals surface area contributed by atoms with Crippen molar-refractivity contribution >= 4 is 40.6 Å². The molecular weight excluding hydrogens is 205 g/mol. The van der Waals surface area contributed by atoms with E-state index in [1.54, 1.807) is 6.07 Å². The highest BCUT2D eigenvalue weighted by molar-refractivity contribution is 7.08. The Balaban J connectivity index is 0.000001000. The standard InChI is InChI=1S/C6H6ClNOS.ClH/c7-6(9)5(8)4-1-2-10-3-4;/h1-3,5H,8H2;1H/t5-;/m1./s1. The Hall–Kier alpha value is -0.0900. The van der Waals surface area contributed by atoms with Crippen molar-refractivity contribution < 1.29 is 4.79 Å². The maximum atomic E-state index is 10.5. The summed E-state index contributed by atoms with van der Waals surface area (Å²) in [6.07, 6.45) is 0. The van der Waals surface area contributed by atoms with Crippen LogP contribution in [0.1, 0.15) is 11.6 Å². The molecule has 0 spiro atoms. The van der Waals surface area contributed by atoms with E-state index in [4.69, 9.17) is 17.3 Å². The van der Waals surface area contributed by atoms with E-state index < -0.39 is 11.3 Å². The molecule has 1 aromatic heterocycles. The van der Waals surface area contributed by atoms with Crippen LogP contribution in [0.2, 0.25) is 0 Å². The molecule has 0 radical (unpaired) electrons. The predicted octanol–water partition coefficient (Wildman–Crippen LogP) is 1.94. The monoisotopic (exact) mass is 211 g/mol. The second kappa shape index (κ2) is 4.72. The minimum absolute atomic E-state index is 0. The van der Waals surface area contributed by atoms with Gasteiger partial charge in [0, 0.05) is 0 Å². The summed E-state index contributed by atoms with van der Waals surface area (Å²) >= 11 is 6.65. The fraction of sp³-hybridized carbons (Fsp3) is 0.167. The van der Waals surface area contributed by atoms with Gasteiger partial charge < -0.3 is 5.73 Å². The molecular formula is C6H7Cl2NOS. The highest BCUT2D eigenvalue weighted by Crippen LogP contribution is 2.15. The Bertz CT molecular complexity index is 224. The molecule has 0 saturated carbocycles. The summed E-state index contributed by atoms with van der Waals surface area (Å²) < 4.78 is 0. The Morgan fingerprint density at radius 1 is 1.73 bits per heavy atom. The van der Waals surface area contributed by atoms with Crippen LogP contribution in [0.15, 0.2) is 16.8 Å². The minimum Gasteiger partial charge on any atom is -0.317 e. The van der Waals surface area contributed by atoms with Crippen molar-refractivity contribution in [2.24, 2.45) is 5.73 Å². The van der Waals surface area contributed by atoms with E-state index in [2.05, 4.69) is 0 Å². The summed E-state index contributed by atoms with van der Waals surface area (Å²) in [4.78, 5) is 10.5. The van der Waals surface area contributed by atoms with Crippen LogP contribution < -0.4 is 5.73 Å². The quantitative estimate of drug-likeness (QED) is 0.761. The Labute approximate surface area is 79.8 Å². The first-order valence-corrected chi connectivity index (χ1v) is 4.01. The maximum Gasteiger partial charge on any atom is 0.242 e. The summed E-state index contributed by atoms with van der Waals surface area (Å²) in [6.45, 7) is 0. The number of halogens is 2. The lowest BCUT2D eigenvalue weighted by Gasteiger charge is -2.00. The minimum atomic E-state index is -0.659. The van der Waals surface area contributed by atoms with E-state index in [0.717, 1.165) is 5.56 Å². The van der Waals surface area contributed by atoms with Gasteiger partial charge in [0.25, 0.3) is 0 Å². The largest absolute Gasteiger partial charge is 0.317 e. The van der Waals surface area contributed by atoms with Gasteiger partial charge in [0.1, 0.15) is 6.04 Å². The second-order valence-electron chi connectivity index (χ2n) is 1.84. The molecule has 0 amide bonds. The fourth-order valence-corrected chi connectivity index (χ4v) is 1.41. The van der Waals surface area contributed by atoms with Gasteiger partial charge in [-0.15, -0.1) is 12.4 Å². The molecule has 1 aromatic rings. The highest BCUT2D eigenvalue weighted by Gasteiger charge is 2.12. The van der Waals surface area contributed by atoms with Gasteiger partial charge in [0.15, 0.2) is 0 Å². The van der Waals surface area contributed by atoms with E-state index >= 15 is 0 Å². The van der Waals surface area contributed by atoms with Crippen LogP contribution in [0.5, 0.6) is 0 Å². The number of nitrogens with two attached hydrogens (primary N) is 1. The van der Waals surface area contributed by atoms with E-state index in [1.807, 2.05) is 10.8 Å². The average Bonchev–Trinajstić information content (AvgIpc) is 2.36. The lowest BCUT2D eigenvalue weighted by atomic mass is 10.2. The zero-order valence-corrected chi connectivity index (χ0v) is 7.88. The summed E-state index contributed by atoms with van der Waals surface area (Å²) in [6, 6.07) is 1.13. The van der Waals surface area contributed by atoms with E-state index in [1.165, 1.54) is 11.3 Å². The Kier molecular flexibility index (Phi) is 4.68. The molecule has 62 valence electrons. The van der Waals surface area contributed by atoms with Crippen LogP contribution >= 0.6 is 35.3 Å². The average molecular weight is 212 g/mol. The number of rotatable bonds is 2. The third-order valence-corrected chi connectivity index (χ3v) is 2.08. The van der Waals surface area contributed by atoms with Gasteiger partial charge in [0.05, 0.1) is 0 Å². The Morgan fingerprint density at radius 3 is 2.73 bits per heavy atom. The van der Waals surface area contributed by atoms with E-state index in [0.29, 0.717) is 0 Å². The van der Waals surface area contributed by atoms with Gasteiger partial charge in [-0.1, -0.05) is 0 Å². The van der Waals surface area contributed by atoms with Crippen molar-refractivity contribution in [3.8, 4) is 0 Å². The molecule has 0 aliphatic carbocycles. The number of carbonyl (C=O) groups excluding carboxylic acids is 1. The predicted molar refractivity (Wildman–Crippen MR) is 49.4 cm³/mol. The molecule has 2 N–H and O–H groups in total. The van der Waals surface area contributed by atoms with Gasteiger partial charge in [-0.3, -0.25) is 4.79 Å². The summed E-state index contributed by atoms with van der Waals surface area (Å²) in [5.41, 5.74) is 6.19. The van der Waals surface area contributed by atoms with Crippen LogP contribution in [0.4, 0.5) is 0 Å². The molecule has 0 aromatic carbocycles. The first-order chi connectivity index (χ1) is 4.72. The third-order valence-electron chi connectivity index (χ3n) is 1.15. The molecule has 0 bridgehead atoms. The van der Waals surface area contributed by atoms with E-state index in [9.17, 15) is 4.79 Å². The first kappa shape index (κ1) is 10.9. The molecule has 0 saturated heterocycles. The number of hydrogen-bond donors (Lipinski definition) is 1. The highest BCUT2D eigenvalue weighted by atomic mass is 35.5. The van der Waals surface area contributed by atoms with Gasteiger partial charge >= 0.3 is 0 Å². The molecule has 0 aliphatic heterocycles. The molecule has 0 unspecified atom stereocenters. The molecule has 1 heterocycles. The molecule has 0 fully saturated rings.